The first-order valence-corrected chi connectivity index (χ1v) is 9.50. The topological polar surface area (TPSA) is 53.2 Å². The van der Waals surface area contributed by atoms with E-state index in [9.17, 15) is 10.1 Å². The maximum absolute atomic E-state index is 12.1. The van der Waals surface area contributed by atoms with E-state index in [4.69, 9.17) is 0 Å². The van der Waals surface area contributed by atoms with Gasteiger partial charge in [0.2, 0.25) is 0 Å². The van der Waals surface area contributed by atoms with Gasteiger partial charge in [0.15, 0.2) is 0 Å². The molecule has 1 aliphatic heterocycles. The van der Waals surface area contributed by atoms with Crippen molar-refractivity contribution < 1.29 is 4.79 Å². The van der Waals surface area contributed by atoms with E-state index in [1.54, 1.807) is 0 Å². The van der Waals surface area contributed by atoms with Gasteiger partial charge in [0.25, 0.3) is 5.91 Å². The largest absolute Gasteiger partial charge is 0.288 e. The summed E-state index contributed by atoms with van der Waals surface area (Å²) in [5.41, 5.74) is 7.27. The molecule has 1 heterocycles. The van der Waals surface area contributed by atoms with Gasteiger partial charge in [0, 0.05) is 11.1 Å². The number of allylic oxidation sites excluding steroid dienone is 1. The second-order valence-corrected chi connectivity index (χ2v) is 7.70. The van der Waals surface area contributed by atoms with Crippen LogP contribution in [0, 0.1) is 11.3 Å². The molecule has 2 aliphatic rings. The van der Waals surface area contributed by atoms with Crippen LogP contribution in [0.15, 0.2) is 65.2 Å². The summed E-state index contributed by atoms with van der Waals surface area (Å²) in [4.78, 5) is 16.2. The number of hydrogen-bond donors (Lipinski definition) is 0. The summed E-state index contributed by atoms with van der Waals surface area (Å²) in [5.74, 6) is 0.0980. The van der Waals surface area contributed by atoms with Crippen molar-refractivity contribution in [1.82, 2.24) is 0 Å². The number of carbonyl (C=O) groups excluding carboxylic acids is 1. The van der Waals surface area contributed by atoms with Crippen LogP contribution in [0.1, 0.15) is 47.6 Å². The Morgan fingerprint density at radius 2 is 1.79 bits per heavy atom. The van der Waals surface area contributed by atoms with E-state index < -0.39 is 5.91 Å². The molecule has 0 spiro atoms. The number of aliphatic imine (C=N–C) groups is 1. The highest BCUT2D eigenvalue weighted by molar-refractivity contribution is 6.50. The number of carbonyl (C=O) groups is 1. The third-order valence-electron chi connectivity index (χ3n) is 5.72. The lowest BCUT2D eigenvalue weighted by Gasteiger charge is -2.11. The van der Waals surface area contributed by atoms with E-state index in [-0.39, 0.29) is 5.57 Å². The zero-order valence-electron chi connectivity index (χ0n) is 15.8. The van der Waals surface area contributed by atoms with E-state index in [1.807, 2.05) is 24.3 Å². The number of hydrogen-bond acceptors (Lipinski definition) is 2. The molecular weight excluding hydrogens is 344 g/mol. The normalized spacial score (nSPS) is 14.6. The fourth-order valence-corrected chi connectivity index (χ4v) is 4.27. The summed E-state index contributed by atoms with van der Waals surface area (Å²) >= 11 is 0. The highest BCUT2D eigenvalue weighted by Crippen LogP contribution is 2.43. The maximum Gasteiger partial charge on any atom is 0.288 e. The predicted molar refractivity (Wildman–Crippen MR) is 111 cm³/mol. The molecular formula is C25H18N2O. The van der Waals surface area contributed by atoms with Gasteiger partial charge in [-0.2, -0.15) is 5.26 Å². The van der Waals surface area contributed by atoms with Crippen LogP contribution in [0.25, 0.3) is 16.3 Å². The van der Waals surface area contributed by atoms with Crippen LogP contribution in [0.5, 0.6) is 0 Å². The van der Waals surface area contributed by atoms with Gasteiger partial charge in [-0.1, -0.05) is 68.4 Å². The molecule has 0 atom stereocenters. The number of rotatable bonds is 3. The molecule has 0 fully saturated rings. The lowest BCUT2D eigenvalue weighted by Crippen LogP contribution is -1.95. The summed E-state index contributed by atoms with van der Waals surface area (Å²) in [7, 11) is 0. The molecule has 0 radical (unpaired) electrons. The highest BCUT2D eigenvalue weighted by atomic mass is 16.1. The Kier molecular flexibility index (Phi) is 3.57. The average molecular weight is 362 g/mol. The molecule has 0 unspecified atom stereocenters. The first-order valence-electron chi connectivity index (χ1n) is 9.50. The molecule has 5 rings (SSSR count). The summed E-state index contributed by atoms with van der Waals surface area (Å²) in [6.07, 6.45) is 0.841. The molecule has 3 nitrogen and oxygen atoms in total. The van der Waals surface area contributed by atoms with Gasteiger partial charge >= 0.3 is 0 Å². The lowest BCUT2D eigenvalue weighted by atomic mass is 9.93. The van der Waals surface area contributed by atoms with E-state index in [2.05, 4.69) is 55.2 Å². The number of amides is 1. The van der Waals surface area contributed by atoms with Gasteiger partial charge in [-0.05, 0) is 45.4 Å². The smallest absolute Gasteiger partial charge is 0.266 e. The number of fused-ring (bicyclic) bond motifs is 3. The molecule has 1 amide bonds. The van der Waals surface area contributed by atoms with Gasteiger partial charge in [-0.3, -0.25) is 4.79 Å². The Morgan fingerprint density at radius 3 is 2.50 bits per heavy atom. The molecule has 28 heavy (non-hydrogen) atoms. The standard InChI is InChI=1S/C25H18N2O/c1-14(2)16-8-6-15(7-9-16)12-17-10-11-19-22-18(17)4-3-5-20(22)24-23(19)21(13-26)25(28)27-24/h3-11,14H,12H2,1-2H3. The quantitative estimate of drug-likeness (QED) is 0.645. The molecule has 0 N–H and O–H groups in total. The van der Waals surface area contributed by atoms with Crippen LogP contribution < -0.4 is 0 Å². The zero-order chi connectivity index (χ0) is 19.4. The van der Waals surface area contributed by atoms with Crippen LogP contribution >= 0.6 is 0 Å². The molecule has 0 saturated heterocycles. The summed E-state index contributed by atoms with van der Waals surface area (Å²) in [6, 6.07) is 21.1. The van der Waals surface area contributed by atoms with Crippen molar-refractivity contribution in [2.75, 3.05) is 0 Å². The molecule has 3 aromatic rings. The molecule has 3 aromatic carbocycles. The van der Waals surface area contributed by atoms with Gasteiger partial charge in [0.05, 0.1) is 5.71 Å². The van der Waals surface area contributed by atoms with E-state index in [0.29, 0.717) is 17.2 Å². The minimum absolute atomic E-state index is 0.157. The highest BCUT2D eigenvalue weighted by Gasteiger charge is 2.35. The first-order chi connectivity index (χ1) is 13.6. The van der Waals surface area contributed by atoms with Crippen molar-refractivity contribution in [2.45, 2.75) is 26.2 Å². The zero-order valence-corrected chi connectivity index (χ0v) is 15.8. The van der Waals surface area contributed by atoms with Crippen LogP contribution in [0.4, 0.5) is 0 Å². The first kappa shape index (κ1) is 16.6. The molecule has 0 aromatic heterocycles. The van der Waals surface area contributed by atoms with Crippen molar-refractivity contribution in [3.8, 4) is 6.07 Å². The molecule has 0 bridgehead atoms. The minimum atomic E-state index is -0.426. The fraction of sp³-hybridized carbons (Fsp3) is 0.160. The van der Waals surface area contributed by atoms with Gasteiger partial charge in [-0.15, -0.1) is 0 Å². The molecule has 0 saturated carbocycles. The predicted octanol–water partition coefficient (Wildman–Crippen LogP) is 5.17. The van der Waals surface area contributed by atoms with Crippen LogP contribution in [-0.2, 0) is 11.2 Å². The maximum atomic E-state index is 12.1. The number of nitrogens with zero attached hydrogens (tertiary/aromatic N) is 2. The summed E-state index contributed by atoms with van der Waals surface area (Å²) in [6.45, 7) is 4.40. The van der Waals surface area contributed by atoms with Crippen molar-refractivity contribution in [2.24, 2.45) is 4.99 Å². The Balaban J connectivity index is 1.64. The average Bonchev–Trinajstić information content (AvgIpc) is 3.19. The van der Waals surface area contributed by atoms with Crippen molar-refractivity contribution in [1.29, 1.82) is 5.26 Å². The Bertz CT molecular complexity index is 1270. The molecule has 3 heteroatoms. The van der Waals surface area contributed by atoms with Crippen molar-refractivity contribution in [3.63, 3.8) is 0 Å². The van der Waals surface area contributed by atoms with E-state index in [0.717, 1.165) is 28.3 Å². The minimum Gasteiger partial charge on any atom is -0.266 e. The van der Waals surface area contributed by atoms with Crippen molar-refractivity contribution in [3.05, 3.63) is 88.0 Å². The Morgan fingerprint density at radius 1 is 1.00 bits per heavy atom. The van der Waals surface area contributed by atoms with Crippen molar-refractivity contribution >= 4 is 28.0 Å². The van der Waals surface area contributed by atoms with E-state index in [1.165, 1.54) is 16.7 Å². The van der Waals surface area contributed by atoms with Crippen LogP contribution in [0.3, 0.4) is 0 Å². The van der Waals surface area contributed by atoms with Gasteiger partial charge in [0.1, 0.15) is 11.6 Å². The second-order valence-electron chi connectivity index (χ2n) is 7.70. The third-order valence-corrected chi connectivity index (χ3v) is 5.72. The lowest BCUT2D eigenvalue weighted by molar-refractivity contribution is -0.113. The van der Waals surface area contributed by atoms with Crippen LogP contribution in [0.2, 0.25) is 0 Å². The van der Waals surface area contributed by atoms with Gasteiger partial charge in [-0.25, -0.2) is 4.99 Å². The number of benzene rings is 3. The summed E-state index contributed by atoms with van der Waals surface area (Å²) in [5, 5.41) is 11.7. The second kappa shape index (κ2) is 6.00. The monoisotopic (exact) mass is 362 g/mol. The van der Waals surface area contributed by atoms with E-state index >= 15 is 0 Å². The molecule has 134 valence electrons. The van der Waals surface area contributed by atoms with Crippen LogP contribution in [-0.4, -0.2) is 11.6 Å². The third kappa shape index (κ3) is 2.28. The Hall–Kier alpha value is -3.51. The van der Waals surface area contributed by atoms with Gasteiger partial charge < -0.3 is 0 Å². The summed E-state index contributed by atoms with van der Waals surface area (Å²) < 4.78 is 0. The Labute approximate surface area is 163 Å². The molecule has 1 aliphatic carbocycles. The SMILES string of the molecule is CC(C)c1ccc(Cc2ccc3c4c(cccc24)C2=NC(=O)C(C#N)=C23)cc1. The fourth-order valence-electron chi connectivity index (χ4n) is 4.27. The number of nitriles is 1.